The van der Waals surface area contributed by atoms with Gasteiger partial charge in [0.15, 0.2) is 35.1 Å². The number of guanidine groups is 1. The van der Waals surface area contributed by atoms with Gasteiger partial charge in [-0.25, -0.2) is 29.1 Å². The molecule has 1 aliphatic carbocycles. The van der Waals surface area contributed by atoms with E-state index in [4.69, 9.17) is 55.5 Å². The van der Waals surface area contributed by atoms with Crippen molar-refractivity contribution in [3.63, 3.8) is 0 Å². The van der Waals surface area contributed by atoms with E-state index in [0.717, 1.165) is 32.1 Å². The number of amides is 7. The number of fused-ring (bicyclic) bond motifs is 4. The Balaban J connectivity index is 0.000000950. The van der Waals surface area contributed by atoms with E-state index in [1.54, 1.807) is 70.2 Å². The predicted octanol–water partition coefficient (Wildman–Crippen LogP) is 3.62. The number of hydrogen-bond acceptors (Lipinski definition) is 35. The number of nitrogens with two attached hydrogens (primary N) is 3. The van der Waals surface area contributed by atoms with Crippen LogP contribution in [0, 0.1) is 35.5 Å². The summed E-state index contributed by atoms with van der Waals surface area (Å²) in [5.74, 6) is -25.2. The second-order valence-electron chi connectivity index (χ2n) is 36.4. The van der Waals surface area contributed by atoms with Crippen LogP contribution in [0.4, 0.5) is 16.4 Å². The molecule has 2 aromatic heterocycles. The van der Waals surface area contributed by atoms with Gasteiger partial charge in [-0.3, -0.25) is 77.1 Å². The molecule has 4 aliphatic rings. The Labute approximate surface area is 850 Å². The third kappa shape index (κ3) is 38.8. The third-order valence-electron chi connectivity index (χ3n) is 25.1. The van der Waals surface area contributed by atoms with E-state index in [9.17, 15) is 117 Å². The summed E-state index contributed by atoms with van der Waals surface area (Å²) in [5, 5.41) is 87.3. The molecule has 3 aliphatic heterocycles. The molecular weight excluding hydrogens is 1950 g/mol. The van der Waals surface area contributed by atoms with E-state index < -0.39 is 252 Å². The average Bonchev–Trinajstić information content (AvgIpc) is 0.771. The number of nitrogens with zero attached hydrogens (tertiary/aromatic N) is 5. The molecule has 3 aromatic rings. The van der Waals surface area contributed by atoms with Crippen LogP contribution in [0.5, 0.6) is 0 Å². The third-order valence-corrected chi connectivity index (χ3v) is 27.4. The summed E-state index contributed by atoms with van der Waals surface area (Å²) in [4.78, 5) is 257. The van der Waals surface area contributed by atoms with Crippen LogP contribution in [0.1, 0.15) is 200 Å². The fourth-order valence-electron chi connectivity index (χ4n) is 16.8. The van der Waals surface area contributed by atoms with Crippen molar-refractivity contribution in [2.24, 2.45) is 52.0 Å². The summed E-state index contributed by atoms with van der Waals surface area (Å²) >= 11 is 0. The SMILES string of the molecule is CCC(=O)N[C@@H](CC(=O)O)C(=O)N[C@@H](CCCN=C(N)N)C(=O)N[C@@H](CC(=O)O)C(=O)N[C@@H](CC(=O)O)C(=O)N[C@@H](CSSCCOC(=O)O[C@@H]1/C(C)=C/[C@@H](C)C(=O)C[C@@H]([C@H](C)C[C@@H]2CC[C@@H](O)[C@H](OC)C2)OC(=O)[C@@H]2CCCCN2C(=O)C(=O)[C@]2(O)O[C@@H](CC[C@H]2C)C[C@H](OC)/C(C)=C/C=C/C=C/[C@@H](C)C[C@@H](C)C(=O)[C@@H]1OC)C(=O)O.CC[C@H](NC(=O)c1ccc(NCc2cnc3nc(N)[nH]c(=O)c3n2)cc1)C(=O)O. The molecule has 146 heavy (non-hydrogen) atoms. The molecule has 7 amide bonds. The molecule has 0 spiro atoms. The maximum Gasteiger partial charge on any atom is 0.509 e. The number of carbonyl (C=O) groups excluding carboxylic acids is 12. The van der Waals surface area contributed by atoms with Crippen molar-refractivity contribution in [3.8, 4) is 0 Å². The largest absolute Gasteiger partial charge is 0.509 e. The Hall–Kier alpha value is -12.9. The molecule has 50 heteroatoms. The number of nitrogens with one attached hydrogen (secondary N) is 8. The summed E-state index contributed by atoms with van der Waals surface area (Å²) in [5.41, 5.74) is 18.5. The van der Waals surface area contributed by atoms with Crippen molar-refractivity contribution in [2.75, 3.05) is 63.6 Å². The van der Waals surface area contributed by atoms with Crippen molar-refractivity contribution in [1.29, 1.82) is 0 Å². The quantitative estimate of drug-likeness (QED) is 0.00733. The van der Waals surface area contributed by atoms with E-state index in [1.807, 2.05) is 38.2 Å². The number of rotatable bonds is 41. The zero-order chi connectivity index (χ0) is 109. The van der Waals surface area contributed by atoms with Crippen LogP contribution < -0.4 is 60.0 Å². The molecule has 1 saturated carbocycles. The number of aliphatic imine (C=N–C) groups is 1. The first-order valence-corrected chi connectivity index (χ1v) is 50.4. The number of aliphatic hydroxyl groups excluding tert-OH is 1. The highest BCUT2D eigenvalue weighted by Crippen LogP contribution is 2.39. The molecule has 806 valence electrons. The van der Waals surface area contributed by atoms with Gasteiger partial charge in [-0.1, -0.05) is 107 Å². The Bertz CT molecular complexity index is 5270. The highest BCUT2D eigenvalue weighted by molar-refractivity contribution is 8.76. The minimum atomic E-state index is -2.55. The van der Waals surface area contributed by atoms with Gasteiger partial charge in [0.25, 0.3) is 23.2 Å². The number of allylic oxidation sites excluding steroid dienone is 6. The number of carboxylic acids is 5. The smallest absolute Gasteiger partial charge is 0.481 e. The van der Waals surface area contributed by atoms with Crippen LogP contribution in [0.3, 0.4) is 0 Å². The molecule has 7 rings (SSSR count). The summed E-state index contributed by atoms with van der Waals surface area (Å²) in [6, 6.07) is -5.18. The number of nitrogen functional groups attached to an aromatic ring is 1. The number of carbonyl (C=O) groups is 17. The lowest BCUT2D eigenvalue weighted by molar-refractivity contribution is -0.265. The fourth-order valence-corrected chi connectivity index (χ4v) is 18.8. The highest BCUT2D eigenvalue weighted by Gasteiger charge is 2.54. The van der Waals surface area contributed by atoms with Gasteiger partial charge in [0, 0.05) is 94.2 Å². The molecule has 3 fully saturated rings. The maximum atomic E-state index is 14.8. The number of aromatic amines is 1. The molecule has 5 heterocycles. The summed E-state index contributed by atoms with van der Waals surface area (Å²) in [6.45, 7) is 14.7. The molecule has 2 bridgehead atoms. The van der Waals surface area contributed by atoms with Gasteiger partial charge < -0.3 is 128 Å². The Morgan fingerprint density at radius 2 is 1.32 bits per heavy atom. The van der Waals surface area contributed by atoms with Gasteiger partial charge in [-0.05, 0) is 150 Å². The first-order chi connectivity index (χ1) is 69.0. The van der Waals surface area contributed by atoms with Gasteiger partial charge >= 0.3 is 42.0 Å². The monoisotopic (exact) mass is 2090 g/mol. The maximum absolute atomic E-state index is 14.8. The number of H-pyrrole nitrogens is 1. The lowest BCUT2D eigenvalue weighted by atomic mass is 9.78. The Morgan fingerprint density at radius 1 is 0.699 bits per heavy atom. The number of aliphatic carboxylic acids is 5. The second-order valence-corrected chi connectivity index (χ2v) is 39.0. The normalized spacial score (nSPS) is 25.2. The molecule has 1 aromatic carbocycles. The van der Waals surface area contributed by atoms with Gasteiger partial charge in [0.1, 0.15) is 60.8 Å². The van der Waals surface area contributed by atoms with Crippen LogP contribution in [-0.4, -0.2) is 311 Å². The minimum Gasteiger partial charge on any atom is -0.481 e. The van der Waals surface area contributed by atoms with Gasteiger partial charge in [0.05, 0.1) is 62.1 Å². The number of piperidine rings is 1. The number of benzene rings is 1. The van der Waals surface area contributed by atoms with E-state index in [-0.39, 0.29) is 111 Å². The van der Waals surface area contributed by atoms with Crippen molar-refractivity contribution in [2.45, 2.75) is 282 Å². The van der Waals surface area contributed by atoms with Crippen LogP contribution in [0.25, 0.3) is 11.2 Å². The number of aliphatic hydroxyl groups is 2. The summed E-state index contributed by atoms with van der Waals surface area (Å²) in [6.07, 6.45) is 4.20. The standard InChI is InChI=1S/C78H119N9O28S2.C18H19N7O4/c1-12-61(90)82-51(36-62(91)92)70(100)83-50(21-18-27-81-76(79)80)69(99)84-52(37-63(93)94)71(101)85-53(38-64(95)96)72(102)86-54(74(104)105)40-117-116-30-29-112-77(107)114-66-46(7)32-43(4)57(89)39-59(44(5)33-48-24-26-56(88)60(34-48)110-10)113-75(106)55-22-16-17-28-87(55)73(103)68(98)78(108)47(8)23-25-49(115-78)35-58(109-9)42(3)20-15-13-14-19-41(2)31-45(6)65(97)67(66)111-11;1-2-12(17(28)29)23-15(26)9-3-5-10(6-4-9)20-7-11-8-21-14-13(22-11)16(27)25-18(19)24-14/h13-15,19-20,32,41,43-45,47-56,58-60,66-67,88,108H,12,16-18,21-31,33-40H2,1-11H3,(H,82,90)(H,83,100)(H,84,99)(H,85,101)(H,86,102)(H,91,92)(H,93,94)(H,95,96)(H,104,105)(H4,79,80,81);3-6,8,12,20H,2,7H2,1H3,(H,23,26)(H,28,29)(H3,19,21,24,25,27)/b15-13+,19-14+,42-20+,46-32+;/t41-,43-,44-,45-,47-,48+,49+,50+,51+,52+,53+,54+,55+,56-,58+,59+,60-,66-,67+,78-;12-/m10/s1. The van der Waals surface area contributed by atoms with Crippen molar-refractivity contribution >= 4 is 151 Å². The van der Waals surface area contributed by atoms with E-state index >= 15 is 0 Å². The number of methoxy groups -OCH3 is 3. The molecule has 0 radical (unpaired) electrons. The number of ether oxygens (including phenoxy) is 7. The number of aromatic nitrogens is 4. The van der Waals surface area contributed by atoms with Crippen molar-refractivity contribution in [1.82, 2.24) is 56.7 Å². The van der Waals surface area contributed by atoms with E-state index in [0.29, 0.717) is 74.7 Å². The summed E-state index contributed by atoms with van der Waals surface area (Å²) < 4.78 is 41.2. The lowest BCUT2D eigenvalue weighted by Gasteiger charge is -2.42. The Kier molecular flexibility index (Phi) is 50.3. The van der Waals surface area contributed by atoms with E-state index in [2.05, 4.69) is 56.8 Å². The zero-order valence-corrected chi connectivity index (χ0v) is 85.3. The number of ketones is 3. The van der Waals surface area contributed by atoms with Crippen LogP contribution in [-0.2, 0) is 112 Å². The van der Waals surface area contributed by atoms with Gasteiger partial charge in [-0.15, -0.1) is 0 Å². The topological polar surface area (TPSA) is 746 Å². The molecule has 21 N–H and O–H groups in total. The number of anilines is 2. The number of Topliss-reactive ketones (excluding diaryl/α,β-unsaturated/α-hetero) is 3. The van der Waals surface area contributed by atoms with Gasteiger partial charge in [0.2, 0.25) is 41.3 Å². The first kappa shape index (κ1) is 122. The van der Waals surface area contributed by atoms with Crippen LogP contribution >= 0.6 is 21.6 Å². The molecule has 21 atom stereocenters. The number of esters is 1. The van der Waals surface area contributed by atoms with E-state index in [1.165, 1.54) is 47.4 Å². The minimum absolute atomic E-state index is 0.0274. The van der Waals surface area contributed by atoms with Gasteiger partial charge in [-0.2, -0.15) is 4.98 Å². The van der Waals surface area contributed by atoms with Crippen LogP contribution in [0.2, 0.25) is 0 Å². The number of hydrogen-bond donors (Lipinski definition) is 18. The molecule has 48 nitrogen and oxygen atoms in total. The van der Waals surface area contributed by atoms with Crippen molar-refractivity contribution < 1.29 is 150 Å². The summed E-state index contributed by atoms with van der Waals surface area (Å²) in [7, 11) is 6.00. The molecule has 2 saturated heterocycles. The average molecular weight is 2090 g/mol. The number of carboxylic acid groups (broad SMARTS) is 5. The van der Waals surface area contributed by atoms with Crippen molar-refractivity contribution in [3.05, 3.63) is 99.7 Å². The van der Waals surface area contributed by atoms with Crippen LogP contribution in [0.15, 0.2) is 87.9 Å². The Morgan fingerprint density at radius 3 is 1.92 bits per heavy atom. The first-order valence-electron chi connectivity index (χ1n) is 48.0. The number of cyclic esters (lactones) is 1. The second kappa shape index (κ2) is 60.3. The predicted molar refractivity (Wildman–Crippen MR) is 530 cm³/mol. The fraction of sp³-hybridized carbons (Fsp3) is 0.604. The zero-order valence-electron chi connectivity index (χ0n) is 83.7. The molecular formula is C96H138N16O32S2. The lowest BCUT2D eigenvalue weighted by Crippen LogP contribution is -2.61. The highest BCUT2D eigenvalue weighted by atomic mass is 33.1. The molecule has 0 unspecified atom stereocenters.